The molecule has 0 unspecified atom stereocenters. The van der Waals surface area contributed by atoms with Crippen molar-refractivity contribution in [1.82, 2.24) is 9.62 Å². The second-order valence-electron chi connectivity index (χ2n) is 7.19. The fraction of sp³-hybridized carbons (Fsp3) is 0.409. The quantitative estimate of drug-likeness (QED) is 0.671. The van der Waals surface area contributed by atoms with Gasteiger partial charge in [-0.2, -0.15) is 4.31 Å². The zero-order valence-electron chi connectivity index (χ0n) is 17.0. The van der Waals surface area contributed by atoms with Crippen molar-refractivity contribution < 1.29 is 17.9 Å². The van der Waals surface area contributed by atoms with Crippen LogP contribution < -0.4 is 10.1 Å². The van der Waals surface area contributed by atoms with Crippen molar-refractivity contribution >= 4 is 15.9 Å². The number of nitrogens with zero attached hydrogens (tertiary/aromatic N) is 1. The number of rotatable bonds is 8. The van der Waals surface area contributed by atoms with Crippen molar-refractivity contribution in [3.05, 3.63) is 59.2 Å². The summed E-state index contributed by atoms with van der Waals surface area (Å²) in [5.74, 6) is 0.443. The van der Waals surface area contributed by atoms with E-state index in [9.17, 15) is 13.2 Å². The molecule has 1 aliphatic rings. The van der Waals surface area contributed by atoms with Crippen molar-refractivity contribution in [2.24, 2.45) is 0 Å². The van der Waals surface area contributed by atoms with Gasteiger partial charge in [0.15, 0.2) is 0 Å². The molecule has 1 N–H and O–H groups in total. The lowest BCUT2D eigenvalue weighted by Crippen LogP contribution is -2.30. The molecule has 0 atom stereocenters. The zero-order valence-corrected chi connectivity index (χ0v) is 17.8. The molecule has 1 fully saturated rings. The molecule has 0 spiro atoms. The lowest BCUT2D eigenvalue weighted by molar-refractivity contribution is 0.0946. The van der Waals surface area contributed by atoms with E-state index in [1.165, 1.54) is 15.9 Å². The Hall–Kier alpha value is -2.38. The third-order valence-electron chi connectivity index (χ3n) is 5.12. The highest BCUT2D eigenvalue weighted by Gasteiger charge is 2.29. The fourth-order valence-electron chi connectivity index (χ4n) is 3.34. The maximum atomic E-state index is 12.9. The van der Waals surface area contributed by atoms with Crippen molar-refractivity contribution in [2.75, 3.05) is 26.2 Å². The molecule has 1 heterocycles. The highest BCUT2D eigenvalue weighted by molar-refractivity contribution is 7.89. The molecule has 1 aliphatic heterocycles. The number of hydrogen-bond acceptors (Lipinski definition) is 4. The second-order valence-corrected chi connectivity index (χ2v) is 9.10. The molecular weight excluding hydrogens is 388 g/mol. The number of sulfonamides is 1. The normalized spacial score (nSPS) is 14.7. The highest BCUT2D eigenvalue weighted by Crippen LogP contribution is 2.24. The summed E-state index contributed by atoms with van der Waals surface area (Å²) in [6.45, 7) is 5.59. The van der Waals surface area contributed by atoms with Crippen LogP contribution in [0.2, 0.25) is 0 Å². The summed E-state index contributed by atoms with van der Waals surface area (Å²) in [6.07, 6.45) is 2.72. The van der Waals surface area contributed by atoms with E-state index < -0.39 is 10.0 Å². The third kappa shape index (κ3) is 5.16. The number of ether oxygens (including phenoxy) is 1. The van der Waals surface area contributed by atoms with Crippen LogP contribution in [0.15, 0.2) is 47.4 Å². The Kier molecular flexibility index (Phi) is 6.92. The highest BCUT2D eigenvalue weighted by atomic mass is 32.2. The van der Waals surface area contributed by atoms with Gasteiger partial charge in [0.1, 0.15) is 12.4 Å². The number of hydrogen-bond donors (Lipinski definition) is 1. The van der Waals surface area contributed by atoms with E-state index in [4.69, 9.17) is 4.74 Å². The van der Waals surface area contributed by atoms with Crippen molar-refractivity contribution in [3.8, 4) is 5.75 Å². The largest absolute Gasteiger partial charge is 0.492 e. The van der Waals surface area contributed by atoms with Crippen LogP contribution in [0.4, 0.5) is 0 Å². The summed E-state index contributed by atoms with van der Waals surface area (Å²) in [6, 6.07) is 12.7. The van der Waals surface area contributed by atoms with Crippen molar-refractivity contribution in [2.45, 2.75) is 38.0 Å². The van der Waals surface area contributed by atoms with Gasteiger partial charge < -0.3 is 10.1 Å². The van der Waals surface area contributed by atoms with Crippen LogP contribution >= 0.6 is 0 Å². The molecule has 0 aliphatic carbocycles. The molecule has 0 saturated carbocycles. The molecule has 3 rings (SSSR count). The lowest BCUT2D eigenvalue weighted by Gasteiger charge is -2.18. The molecule has 1 saturated heterocycles. The van der Waals surface area contributed by atoms with Crippen LogP contribution in [-0.2, 0) is 16.4 Å². The monoisotopic (exact) mass is 416 g/mol. The van der Waals surface area contributed by atoms with Crippen LogP contribution in [0.25, 0.3) is 0 Å². The van der Waals surface area contributed by atoms with Gasteiger partial charge in [-0.15, -0.1) is 0 Å². The smallest absolute Gasteiger partial charge is 0.251 e. The predicted octanol–water partition coefficient (Wildman–Crippen LogP) is 3.15. The number of nitrogens with one attached hydrogen (secondary N) is 1. The van der Waals surface area contributed by atoms with E-state index in [0.717, 1.165) is 25.0 Å². The molecule has 7 heteroatoms. The fourth-order valence-corrected chi connectivity index (χ4v) is 5.11. The van der Waals surface area contributed by atoms with Crippen LogP contribution in [0.1, 0.15) is 41.3 Å². The van der Waals surface area contributed by atoms with Gasteiger partial charge in [-0.05, 0) is 61.6 Å². The average Bonchev–Trinajstić information content (AvgIpc) is 3.27. The summed E-state index contributed by atoms with van der Waals surface area (Å²) >= 11 is 0. The molecule has 2 aromatic rings. The molecule has 1 amide bonds. The number of aryl methyl sites for hydroxylation is 2. The number of benzene rings is 2. The molecule has 0 aromatic heterocycles. The van der Waals surface area contributed by atoms with Gasteiger partial charge in [0.2, 0.25) is 10.0 Å². The van der Waals surface area contributed by atoms with E-state index in [2.05, 4.69) is 12.2 Å². The van der Waals surface area contributed by atoms with Crippen LogP contribution in [0.3, 0.4) is 0 Å². The summed E-state index contributed by atoms with van der Waals surface area (Å²) in [7, 11) is -3.56. The van der Waals surface area contributed by atoms with E-state index in [0.29, 0.717) is 37.4 Å². The summed E-state index contributed by atoms with van der Waals surface area (Å²) in [5.41, 5.74) is 2.22. The SMILES string of the molecule is CCc1ccc(OCCNC(=O)c2ccc(C)c(S(=O)(=O)N3CCCC3)c2)cc1. The molecule has 2 aromatic carbocycles. The van der Waals surface area contributed by atoms with Gasteiger partial charge in [-0.3, -0.25) is 4.79 Å². The Balaban J connectivity index is 1.59. The van der Waals surface area contributed by atoms with Gasteiger partial charge >= 0.3 is 0 Å². The molecule has 0 radical (unpaired) electrons. The Bertz CT molecular complexity index is 949. The van der Waals surface area contributed by atoms with Crippen molar-refractivity contribution in [1.29, 1.82) is 0 Å². The number of carbonyl (C=O) groups is 1. The van der Waals surface area contributed by atoms with Gasteiger partial charge in [-0.1, -0.05) is 25.1 Å². The van der Waals surface area contributed by atoms with Gasteiger partial charge in [0, 0.05) is 18.7 Å². The van der Waals surface area contributed by atoms with E-state index >= 15 is 0 Å². The standard InChI is InChI=1S/C22H28N2O4S/c1-3-18-7-10-20(11-8-18)28-15-12-23-22(25)19-9-6-17(2)21(16-19)29(26,27)24-13-4-5-14-24/h6-11,16H,3-5,12-15H2,1-2H3,(H,23,25). The predicted molar refractivity (Wildman–Crippen MR) is 113 cm³/mol. The first kappa shape index (κ1) is 21.3. The second kappa shape index (κ2) is 9.41. The van der Waals surface area contributed by atoms with Crippen LogP contribution in [0, 0.1) is 6.92 Å². The Morgan fingerprint density at radius 2 is 1.79 bits per heavy atom. The summed E-state index contributed by atoms with van der Waals surface area (Å²) in [4.78, 5) is 12.7. The van der Waals surface area contributed by atoms with Gasteiger partial charge in [0.05, 0.1) is 11.4 Å². The third-order valence-corrected chi connectivity index (χ3v) is 7.16. The van der Waals surface area contributed by atoms with Crippen molar-refractivity contribution in [3.63, 3.8) is 0 Å². The Morgan fingerprint density at radius 3 is 2.45 bits per heavy atom. The van der Waals surface area contributed by atoms with Gasteiger partial charge in [0.25, 0.3) is 5.91 Å². The Labute approximate surface area is 172 Å². The maximum absolute atomic E-state index is 12.9. The lowest BCUT2D eigenvalue weighted by atomic mass is 10.1. The minimum Gasteiger partial charge on any atom is -0.492 e. The summed E-state index contributed by atoms with van der Waals surface area (Å²) in [5, 5.41) is 2.79. The van der Waals surface area contributed by atoms with Crippen LogP contribution in [-0.4, -0.2) is 44.9 Å². The van der Waals surface area contributed by atoms with E-state index in [1.807, 2.05) is 24.3 Å². The first-order valence-electron chi connectivity index (χ1n) is 10.0. The minimum atomic E-state index is -3.56. The zero-order chi connectivity index (χ0) is 20.9. The van der Waals surface area contributed by atoms with Crippen LogP contribution in [0.5, 0.6) is 5.75 Å². The number of carbonyl (C=O) groups excluding carboxylic acids is 1. The first-order valence-corrected chi connectivity index (χ1v) is 11.5. The maximum Gasteiger partial charge on any atom is 0.251 e. The number of amides is 1. The molecule has 6 nitrogen and oxygen atoms in total. The van der Waals surface area contributed by atoms with E-state index in [1.54, 1.807) is 19.1 Å². The molecule has 156 valence electrons. The first-order chi connectivity index (χ1) is 13.9. The van der Waals surface area contributed by atoms with E-state index in [-0.39, 0.29) is 10.8 Å². The topological polar surface area (TPSA) is 75.7 Å². The minimum absolute atomic E-state index is 0.208. The summed E-state index contributed by atoms with van der Waals surface area (Å²) < 4.78 is 32.9. The van der Waals surface area contributed by atoms with Gasteiger partial charge in [-0.25, -0.2) is 8.42 Å². The average molecular weight is 417 g/mol. The Morgan fingerprint density at radius 1 is 1.10 bits per heavy atom. The molecule has 29 heavy (non-hydrogen) atoms. The molecule has 0 bridgehead atoms. The molecular formula is C22H28N2O4S.